The van der Waals surface area contributed by atoms with E-state index in [0.717, 1.165) is 26.1 Å². The van der Waals surface area contributed by atoms with Crippen molar-refractivity contribution in [1.82, 2.24) is 10.2 Å². The molecule has 0 aromatic heterocycles. The van der Waals surface area contributed by atoms with Crippen molar-refractivity contribution in [3.05, 3.63) is 24.3 Å². The molecule has 0 spiro atoms. The van der Waals surface area contributed by atoms with Gasteiger partial charge in [0.25, 0.3) is 0 Å². The molecule has 0 aromatic carbocycles. The Morgan fingerprint density at radius 3 is 3.00 bits per heavy atom. The lowest BCUT2D eigenvalue weighted by Crippen LogP contribution is -2.34. The van der Waals surface area contributed by atoms with Crippen LogP contribution in [0.5, 0.6) is 0 Å². The van der Waals surface area contributed by atoms with E-state index in [9.17, 15) is 0 Å². The third kappa shape index (κ3) is 2.05. The van der Waals surface area contributed by atoms with Gasteiger partial charge in [0.1, 0.15) is 0 Å². The van der Waals surface area contributed by atoms with Gasteiger partial charge in [-0.25, -0.2) is 0 Å². The zero-order valence-electron chi connectivity index (χ0n) is 8.39. The minimum absolute atomic E-state index is 0.311. The van der Waals surface area contributed by atoms with Gasteiger partial charge in [-0.05, 0) is 12.8 Å². The van der Waals surface area contributed by atoms with Crippen LogP contribution in [-0.4, -0.2) is 41.9 Å². The van der Waals surface area contributed by atoms with Gasteiger partial charge in [-0.1, -0.05) is 24.3 Å². The van der Waals surface area contributed by atoms with Crippen LogP contribution in [0, 0.1) is 0 Å². The number of aliphatic hydroxyl groups excluding tert-OH is 1. The first-order chi connectivity index (χ1) is 6.92. The SMILES string of the molecule is OCCCCN1CNC2C=CC=CC21. The highest BCUT2D eigenvalue weighted by atomic mass is 16.2. The molecule has 78 valence electrons. The number of unbranched alkanes of at least 4 members (excludes halogenated alkanes) is 1. The molecular weight excluding hydrogens is 176 g/mol. The molecule has 0 aromatic rings. The maximum absolute atomic E-state index is 8.71. The van der Waals surface area contributed by atoms with Crippen LogP contribution in [0.15, 0.2) is 24.3 Å². The summed E-state index contributed by atoms with van der Waals surface area (Å²) >= 11 is 0. The van der Waals surface area contributed by atoms with Crippen LogP contribution in [0.3, 0.4) is 0 Å². The Hall–Kier alpha value is -0.640. The zero-order chi connectivity index (χ0) is 9.80. The summed E-state index contributed by atoms with van der Waals surface area (Å²) in [5, 5.41) is 12.2. The van der Waals surface area contributed by atoms with Crippen LogP contribution in [-0.2, 0) is 0 Å². The van der Waals surface area contributed by atoms with Crippen molar-refractivity contribution in [1.29, 1.82) is 0 Å². The first-order valence-electron chi connectivity index (χ1n) is 5.35. The second-order valence-corrected chi connectivity index (χ2v) is 3.89. The highest BCUT2D eigenvalue weighted by Crippen LogP contribution is 2.17. The van der Waals surface area contributed by atoms with Crippen LogP contribution in [0.2, 0.25) is 0 Å². The molecule has 2 rings (SSSR count). The third-order valence-corrected chi connectivity index (χ3v) is 2.91. The Labute approximate surface area is 85.1 Å². The molecule has 2 aliphatic rings. The predicted octanol–water partition coefficient (Wildman–Crippen LogP) is 0.485. The lowest BCUT2D eigenvalue weighted by molar-refractivity contribution is 0.246. The Kier molecular flexibility index (Phi) is 3.35. The molecule has 0 saturated carbocycles. The van der Waals surface area contributed by atoms with Crippen molar-refractivity contribution >= 4 is 0 Å². The first kappa shape index (κ1) is 9.90. The van der Waals surface area contributed by atoms with E-state index in [1.165, 1.54) is 0 Å². The fourth-order valence-electron chi connectivity index (χ4n) is 2.12. The summed E-state index contributed by atoms with van der Waals surface area (Å²) in [6.07, 6.45) is 10.7. The number of fused-ring (bicyclic) bond motifs is 1. The van der Waals surface area contributed by atoms with E-state index in [-0.39, 0.29) is 0 Å². The van der Waals surface area contributed by atoms with Gasteiger partial charge in [0.15, 0.2) is 0 Å². The molecule has 0 radical (unpaired) electrons. The van der Waals surface area contributed by atoms with Crippen LogP contribution in [0.25, 0.3) is 0 Å². The average molecular weight is 194 g/mol. The summed E-state index contributed by atoms with van der Waals surface area (Å²) < 4.78 is 0. The smallest absolute Gasteiger partial charge is 0.0491 e. The summed E-state index contributed by atoms with van der Waals surface area (Å²) in [6, 6.07) is 1.02. The highest BCUT2D eigenvalue weighted by Gasteiger charge is 2.30. The molecule has 2 N–H and O–H groups in total. The van der Waals surface area contributed by atoms with Gasteiger partial charge in [0.05, 0.1) is 0 Å². The van der Waals surface area contributed by atoms with Crippen molar-refractivity contribution in [3.8, 4) is 0 Å². The number of hydrogen-bond donors (Lipinski definition) is 2. The van der Waals surface area contributed by atoms with Gasteiger partial charge >= 0.3 is 0 Å². The van der Waals surface area contributed by atoms with E-state index in [1.807, 2.05) is 0 Å². The van der Waals surface area contributed by atoms with Crippen molar-refractivity contribution in [2.45, 2.75) is 24.9 Å². The minimum Gasteiger partial charge on any atom is -0.396 e. The monoisotopic (exact) mass is 194 g/mol. The van der Waals surface area contributed by atoms with Crippen LogP contribution >= 0.6 is 0 Å². The molecule has 1 saturated heterocycles. The zero-order valence-corrected chi connectivity index (χ0v) is 8.39. The quantitative estimate of drug-likeness (QED) is 0.639. The number of nitrogens with one attached hydrogen (secondary N) is 1. The van der Waals surface area contributed by atoms with Crippen molar-refractivity contribution in [2.75, 3.05) is 19.8 Å². The maximum atomic E-state index is 8.71. The number of nitrogens with zero attached hydrogens (tertiary/aromatic N) is 1. The Bertz CT molecular complexity index is 237. The van der Waals surface area contributed by atoms with E-state index in [4.69, 9.17) is 5.11 Å². The second kappa shape index (κ2) is 4.73. The van der Waals surface area contributed by atoms with Crippen LogP contribution in [0.4, 0.5) is 0 Å². The number of allylic oxidation sites excluding steroid dienone is 2. The highest BCUT2D eigenvalue weighted by molar-refractivity contribution is 5.22. The molecule has 1 fully saturated rings. The fourth-order valence-corrected chi connectivity index (χ4v) is 2.12. The maximum Gasteiger partial charge on any atom is 0.0491 e. The average Bonchev–Trinajstić information content (AvgIpc) is 2.63. The topological polar surface area (TPSA) is 35.5 Å². The van der Waals surface area contributed by atoms with Gasteiger partial charge in [0.2, 0.25) is 0 Å². The molecule has 3 heteroatoms. The standard InChI is InChI=1S/C11H18N2O/c14-8-4-3-7-13-9-12-10-5-1-2-6-11(10)13/h1-2,5-6,10-12,14H,3-4,7-9H2. The molecule has 2 atom stereocenters. The molecule has 1 aliphatic carbocycles. The van der Waals surface area contributed by atoms with E-state index in [2.05, 4.69) is 34.5 Å². The Morgan fingerprint density at radius 2 is 2.14 bits per heavy atom. The summed E-state index contributed by atoms with van der Waals surface area (Å²) in [4.78, 5) is 2.43. The first-order valence-corrected chi connectivity index (χ1v) is 5.35. The Balaban J connectivity index is 1.83. The lowest BCUT2D eigenvalue weighted by Gasteiger charge is -2.24. The van der Waals surface area contributed by atoms with Crippen LogP contribution < -0.4 is 5.32 Å². The number of rotatable bonds is 4. The van der Waals surface area contributed by atoms with Gasteiger partial charge in [-0.3, -0.25) is 10.2 Å². The van der Waals surface area contributed by atoms with Crippen molar-refractivity contribution < 1.29 is 5.11 Å². The molecule has 0 bridgehead atoms. The van der Waals surface area contributed by atoms with Crippen molar-refractivity contribution in [3.63, 3.8) is 0 Å². The molecule has 2 unspecified atom stereocenters. The molecule has 14 heavy (non-hydrogen) atoms. The summed E-state index contributed by atoms with van der Waals surface area (Å²) in [5.41, 5.74) is 0. The predicted molar refractivity (Wildman–Crippen MR) is 56.9 cm³/mol. The third-order valence-electron chi connectivity index (χ3n) is 2.91. The van der Waals surface area contributed by atoms with E-state index < -0.39 is 0 Å². The summed E-state index contributed by atoms with van der Waals surface area (Å²) in [6.45, 7) is 2.35. The van der Waals surface area contributed by atoms with Gasteiger partial charge in [0, 0.05) is 31.9 Å². The number of hydrogen-bond acceptors (Lipinski definition) is 3. The van der Waals surface area contributed by atoms with Gasteiger partial charge < -0.3 is 5.11 Å². The molecule has 1 heterocycles. The second-order valence-electron chi connectivity index (χ2n) is 3.89. The summed E-state index contributed by atoms with van der Waals surface area (Å²) in [7, 11) is 0. The van der Waals surface area contributed by atoms with Crippen LogP contribution in [0.1, 0.15) is 12.8 Å². The van der Waals surface area contributed by atoms with Gasteiger partial charge in [-0.2, -0.15) is 0 Å². The van der Waals surface area contributed by atoms with Gasteiger partial charge in [-0.15, -0.1) is 0 Å². The van der Waals surface area contributed by atoms with E-state index in [0.29, 0.717) is 18.7 Å². The number of aliphatic hydroxyl groups is 1. The molecule has 1 aliphatic heterocycles. The molecule has 3 nitrogen and oxygen atoms in total. The van der Waals surface area contributed by atoms with E-state index in [1.54, 1.807) is 0 Å². The Morgan fingerprint density at radius 1 is 1.29 bits per heavy atom. The largest absolute Gasteiger partial charge is 0.396 e. The fraction of sp³-hybridized carbons (Fsp3) is 0.636. The minimum atomic E-state index is 0.311. The molecule has 0 amide bonds. The molecular formula is C11H18N2O. The van der Waals surface area contributed by atoms with E-state index >= 15 is 0 Å². The lowest BCUT2D eigenvalue weighted by atomic mass is 10.0. The van der Waals surface area contributed by atoms with Crippen molar-refractivity contribution in [2.24, 2.45) is 0 Å². The summed E-state index contributed by atoms with van der Waals surface area (Å²) in [5.74, 6) is 0. The normalized spacial score (nSPS) is 30.9.